The van der Waals surface area contributed by atoms with Crippen molar-refractivity contribution in [2.75, 3.05) is 18.0 Å². The lowest BCUT2D eigenvalue weighted by Crippen LogP contribution is -2.19. The Kier molecular flexibility index (Phi) is 4.56. The fourth-order valence-corrected chi connectivity index (χ4v) is 3.79. The third-order valence-corrected chi connectivity index (χ3v) is 5.28. The highest BCUT2D eigenvalue weighted by Crippen LogP contribution is 2.29. The monoisotopic (exact) mass is 301 g/mol. The van der Waals surface area contributed by atoms with Gasteiger partial charge in [-0.2, -0.15) is 0 Å². The highest BCUT2D eigenvalue weighted by atomic mass is 32.1. The molecule has 112 valence electrons. The van der Waals surface area contributed by atoms with E-state index in [2.05, 4.69) is 29.3 Å². The predicted molar refractivity (Wildman–Crippen MR) is 89.8 cm³/mol. The standard InChI is InChI=1S/C17H23N3S/c1-2-13-8-9-20(11-13)17-19-15(12-21-17)10-16(18)14-6-4-3-5-7-14/h3-7,12-13,16H,2,8-11,18H2,1H3. The summed E-state index contributed by atoms with van der Waals surface area (Å²) in [5.41, 5.74) is 8.58. The molecular formula is C17H23N3S. The quantitative estimate of drug-likeness (QED) is 0.917. The fraction of sp³-hybridized carbons (Fsp3) is 0.471. The lowest BCUT2D eigenvalue weighted by molar-refractivity contribution is 0.569. The maximum absolute atomic E-state index is 6.28. The van der Waals surface area contributed by atoms with Gasteiger partial charge in [0.2, 0.25) is 0 Å². The van der Waals surface area contributed by atoms with Crippen LogP contribution in [0.15, 0.2) is 35.7 Å². The summed E-state index contributed by atoms with van der Waals surface area (Å²) in [7, 11) is 0. The van der Waals surface area contributed by atoms with Gasteiger partial charge in [0.05, 0.1) is 5.69 Å². The van der Waals surface area contributed by atoms with E-state index in [-0.39, 0.29) is 6.04 Å². The van der Waals surface area contributed by atoms with E-state index < -0.39 is 0 Å². The van der Waals surface area contributed by atoms with Crippen molar-refractivity contribution in [1.82, 2.24) is 4.98 Å². The van der Waals surface area contributed by atoms with Crippen LogP contribution in [-0.4, -0.2) is 18.1 Å². The van der Waals surface area contributed by atoms with Crippen LogP contribution in [0.25, 0.3) is 0 Å². The topological polar surface area (TPSA) is 42.2 Å². The molecule has 21 heavy (non-hydrogen) atoms. The predicted octanol–water partition coefficient (Wildman–Crippen LogP) is 3.62. The van der Waals surface area contributed by atoms with Crippen molar-refractivity contribution in [2.45, 2.75) is 32.2 Å². The number of benzene rings is 1. The Morgan fingerprint density at radius 3 is 2.90 bits per heavy atom. The Hall–Kier alpha value is -1.39. The highest BCUT2D eigenvalue weighted by molar-refractivity contribution is 7.13. The second-order valence-corrected chi connectivity index (χ2v) is 6.69. The molecule has 0 aliphatic carbocycles. The lowest BCUT2D eigenvalue weighted by atomic mass is 10.0. The number of hydrogen-bond donors (Lipinski definition) is 1. The normalized spacial score (nSPS) is 19.9. The summed E-state index contributed by atoms with van der Waals surface area (Å²) in [6, 6.07) is 10.3. The summed E-state index contributed by atoms with van der Waals surface area (Å²) < 4.78 is 0. The molecule has 1 aromatic carbocycles. The molecule has 0 amide bonds. The first-order valence-corrected chi connectivity index (χ1v) is 8.64. The van der Waals surface area contributed by atoms with E-state index in [4.69, 9.17) is 10.7 Å². The van der Waals surface area contributed by atoms with E-state index >= 15 is 0 Å². The van der Waals surface area contributed by atoms with Gasteiger partial charge in [0.1, 0.15) is 0 Å². The van der Waals surface area contributed by atoms with Crippen molar-refractivity contribution in [3.05, 3.63) is 47.0 Å². The molecular weight excluding hydrogens is 278 g/mol. The smallest absolute Gasteiger partial charge is 0.185 e. The van der Waals surface area contributed by atoms with Gasteiger partial charge in [-0.3, -0.25) is 0 Å². The Morgan fingerprint density at radius 1 is 1.38 bits per heavy atom. The third-order valence-electron chi connectivity index (χ3n) is 4.33. The molecule has 2 aromatic rings. The van der Waals surface area contributed by atoms with Crippen LogP contribution in [0.1, 0.15) is 37.1 Å². The highest BCUT2D eigenvalue weighted by Gasteiger charge is 2.23. The van der Waals surface area contributed by atoms with E-state index in [1.165, 1.54) is 23.5 Å². The Labute approximate surface area is 130 Å². The van der Waals surface area contributed by atoms with E-state index in [0.29, 0.717) is 0 Å². The molecule has 1 aliphatic heterocycles. The SMILES string of the molecule is CCC1CCN(c2nc(CC(N)c3ccccc3)cs2)C1. The van der Waals surface area contributed by atoms with Gasteiger partial charge in [-0.05, 0) is 17.9 Å². The summed E-state index contributed by atoms with van der Waals surface area (Å²) >= 11 is 1.76. The second-order valence-electron chi connectivity index (χ2n) is 5.85. The number of nitrogens with zero attached hydrogens (tertiary/aromatic N) is 2. The minimum Gasteiger partial charge on any atom is -0.348 e. The number of rotatable bonds is 5. The molecule has 2 atom stereocenters. The van der Waals surface area contributed by atoms with Gasteiger partial charge in [0.15, 0.2) is 5.13 Å². The lowest BCUT2D eigenvalue weighted by Gasteiger charge is -2.14. The zero-order valence-electron chi connectivity index (χ0n) is 12.5. The zero-order valence-corrected chi connectivity index (χ0v) is 13.4. The molecule has 1 fully saturated rings. The Balaban J connectivity index is 1.63. The molecule has 0 saturated carbocycles. The Bertz CT molecular complexity index is 566. The van der Waals surface area contributed by atoms with Crippen LogP contribution in [0.2, 0.25) is 0 Å². The van der Waals surface area contributed by atoms with Gasteiger partial charge >= 0.3 is 0 Å². The summed E-state index contributed by atoms with van der Waals surface area (Å²) in [5.74, 6) is 0.837. The van der Waals surface area contributed by atoms with E-state index in [1.54, 1.807) is 11.3 Å². The minimum absolute atomic E-state index is 0.0307. The maximum Gasteiger partial charge on any atom is 0.185 e. The van der Waals surface area contributed by atoms with Gasteiger partial charge in [-0.25, -0.2) is 4.98 Å². The summed E-state index contributed by atoms with van der Waals surface area (Å²) in [5, 5.41) is 3.33. The summed E-state index contributed by atoms with van der Waals surface area (Å²) in [4.78, 5) is 7.22. The molecule has 1 aromatic heterocycles. The number of aromatic nitrogens is 1. The minimum atomic E-state index is 0.0307. The molecule has 2 N–H and O–H groups in total. The average molecular weight is 301 g/mol. The van der Waals surface area contributed by atoms with Crippen LogP contribution in [-0.2, 0) is 6.42 Å². The van der Waals surface area contributed by atoms with Crippen molar-refractivity contribution in [2.24, 2.45) is 11.7 Å². The van der Waals surface area contributed by atoms with Crippen LogP contribution in [0.3, 0.4) is 0 Å². The molecule has 2 unspecified atom stereocenters. The molecule has 0 radical (unpaired) electrons. The van der Waals surface area contributed by atoms with E-state index in [0.717, 1.165) is 31.1 Å². The number of anilines is 1. The van der Waals surface area contributed by atoms with Gasteiger partial charge in [-0.1, -0.05) is 43.7 Å². The molecule has 0 bridgehead atoms. The van der Waals surface area contributed by atoms with Gasteiger partial charge in [0.25, 0.3) is 0 Å². The summed E-state index contributed by atoms with van der Waals surface area (Å²) in [6.07, 6.45) is 3.38. The van der Waals surface area contributed by atoms with Crippen molar-refractivity contribution in [1.29, 1.82) is 0 Å². The van der Waals surface area contributed by atoms with Crippen LogP contribution >= 0.6 is 11.3 Å². The van der Waals surface area contributed by atoms with Crippen molar-refractivity contribution < 1.29 is 0 Å². The first-order valence-electron chi connectivity index (χ1n) is 7.76. The molecule has 1 aliphatic rings. The van der Waals surface area contributed by atoms with Crippen molar-refractivity contribution in [3.8, 4) is 0 Å². The second kappa shape index (κ2) is 6.58. The number of nitrogens with two attached hydrogens (primary N) is 1. The Morgan fingerprint density at radius 2 is 2.19 bits per heavy atom. The summed E-state index contributed by atoms with van der Waals surface area (Å²) in [6.45, 7) is 4.59. The van der Waals surface area contributed by atoms with Gasteiger partial charge in [-0.15, -0.1) is 11.3 Å². The molecule has 3 rings (SSSR count). The maximum atomic E-state index is 6.28. The van der Waals surface area contributed by atoms with Crippen LogP contribution in [0.5, 0.6) is 0 Å². The van der Waals surface area contributed by atoms with Crippen LogP contribution in [0.4, 0.5) is 5.13 Å². The van der Waals surface area contributed by atoms with Gasteiger partial charge < -0.3 is 10.6 Å². The van der Waals surface area contributed by atoms with Gasteiger partial charge in [0, 0.05) is 30.9 Å². The third kappa shape index (κ3) is 3.44. The molecule has 3 nitrogen and oxygen atoms in total. The van der Waals surface area contributed by atoms with Crippen molar-refractivity contribution >= 4 is 16.5 Å². The molecule has 0 spiro atoms. The fourth-order valence-electron chi connectivity index (χ4n) is 2.92. The van der Waals surface area contributed by atoms with Crippen LogP contribution in [0, 0.1) is 5.92 Å². The van der Waals surface area contributed by atoms with E-state index in [1.807, 2.05) is 18.2 Å². The number of thiazole rings is 1. The zero-order chi connectivity index (χ0) is 14.7. The van der Waals surface area contributed by atoms with Crippen LogP contribution < -0.4 is 10.6 Å². The average Bonchev–Trinajstić information content (AvgIpc) is 3.16. The first-order chi connectivity index (χ1) is 10.3. The van der Waals surface area contributed by atoms with E-state index in [9.17, 15) is 0 Å². The van der Waals surface area contributed by atoms with Crippen molar-refractivity contribution in [3.63, 3.8) is 0 Å². The molecule has 2 heterocycles. The number of hydrogen-bond acceptors (Lipinski definition) is 4. The largest absolute Gasteiger partial charge is 0.348 e. The first kappa shape index (κ1) is 14.5. The molecule has 4 heteroatoms. The molecule has 1 saturated heterocycles.